The Labute approximate surface area is 112 Å². The van der Waals surface area contributed by atoms with Crippen molar-refractivity contribution >= 4 is 17.8 Å². The van der Waals surface area contributed by atoms with Crippen LogP contribution in [0.4, 0.5) is 0 Å². The smallest absolute Gasteiger partial charge is 0.306 e. The largest absolute Gasteiger partial charge is 0.460 e. The van der Waals surface area contributed by atoms with Gasteiger partial charge in [0.1, 0.15) is 12.2 Å². The van der Waals surface area contributed by atoms with E-state index in [0.717, 1.165) is 0 Å². The highest BCUT2D eigenvalue weighted by molar-refractivity contribution is 5.81. The van der Waals surface area contributed by atoms with E-state index < -0.39 is 17.5 Å². The maximum atomic E-state index is 11.3. The van der Waals surface area contributed by atoms with E-state index in [1.54, 1.807) is 20.8 Å². The zero-order chi connectivity index (χ0) is 14.9. The molecule has 7 heteroatoms. The third-order valence-corrected chi connectivity index (χ3v) is 1.79. The first kappa shape index (κ1) is 17.4. The molecule has 0 aliphatic rings. The van der Waals surface area contributed by atoms with Crippen molar-refractivity contribution in [1.82, 2.24) is 5.32 Å². The summed E-state index contributed by atoms with van der Waals surface area (Å²) in [5.74, 6) is -1.24. The minimum absolute atomic E-state index is 0.0330. The molecule has 0 atom stereocenters. The number of primary amides is 1. The number of ether oxygens (including phenoxy) is 2. The van der Waals surface area contributed by atoms with Gasteiger partial charge in [-0.2, -0.15) is 0 Å². The molecule has 7 nitrogen and oxygen atoms in total. The molecule has 0 radical (unpaired) electrons. The molecule has 0 aliphatic heterocycles. The van der Waals surface area contributed by atoms with Gasteiger partial charge in [0.05, 0.1) is 13.0 Å². The van der Waals surface area contributed by atoms with Gasteiger partial charge in [-0.1, -0.05) is 0 Å². The van der Waals surface area contributed by atoms with Gasteiger partial charge in [0.2, 0.25) is 11.8 Å². The average Bonchev–Trinajstić information content (AvgIpc) is 2.23. The van der Waals surface area contributed by atoms with Crippen LogP contribution < -0.4 is 11.1 Å². The maximum absolute atomic E-state index is 11.3. The van der Waals surface area contributed by atoms with Crippen molar-refractivity contribution in [2.75, 3.05) is 19.8 Å². The second kappa shape index (κ2) is 8.47. The molecule has 0 bridgehead atoms. The lowest BCUT2D eigenvalue weighted by Crippen LogP contribution is -2.30. The molecule has 0 aromatic carbocycles. The van der Waals surface area contributed by atoms with Crippen molar-refractivity contribution in [3.05, 3.63) is 0 Å². The Morgan fingerprint density at radius 3 is 2.32 bits per heavy atom. The summed E-state index contributed by atoms with van der Waals surface area (Å²) < 4.78 is 9.92. The van der Waals surface area contributed by atoms with Gasteiger partial charge in [-0.05, 0) is 20.8 Å². The molecule has 0 heterocycles. The average molecular weight is 274 g/mol. The van der Waals surface area contributed by atoms with Gasteiger partial charge in [-0.15, -0.1) is 0 Å². The van der Waals surface area contributed by atoms with E-state index in [1.165, 1.54) is 0 Å². The van der Waals surface area contributed by atoms with E-state index >= 15 is 0 Å². The summed E-state index contributed by atoms with van der Waals surface area (Å²) in [7, 11) is 0. The fraction of sp³-hybridized carbons (Fsp3) is 0.750. The van der Waals surface area contributed by atoms with Crippen molar-refractivity contribution in [1.29, 1.82) is 0 Å². The summed E-state index contributed by atoms with van der Waals surface area (Å²) in [5.41, 5.74) is 4.32. The molecule has 0 aromatic heterocycles. The Hall–Kier alpha value is -1.63. The minimum atomic E-state index is -0.559. The standard InChI is InChI=1S/C12H22N2O5/c1-12(2,3)19-11(17)5-4-10(16)14-6-7-18-8-9(13)15/h4-8H2,1-3H3,(H2,13,15)(H,14,16). The first-order valence-corrected chi connectivity index (χ1v) is 6.05. The maximum Gasteiger partial charge on any atom is 0.306 e. The number of amides is 2. The molecule has 0 unspecified atom stereocenters. The van der Waals surface area contributed by atoms with Crippen LogP contribution in [0, 0.1) is 0 Å². The number of hydrogen-bond acceptors (Lipinski definition) is 5. The Morgan fingerprint density at radius 1 is 1.16 bits per heavy atom. The molecule has 19 heavy (non-hydrogen) atoms. The Kier molecular flexibility index (Phi) is 7.74. The number of nitrogens with two attached hydrogens (primary N) is 1. The summed E-state index contributed by atoms with van der Waals surface area (Å²) in [6, 6.07) is 0. The van der Waals surface area contributed by atoms with Crippen LogP contribution >= 0.6 is 0 Å². The van der Waals surface area contributed by atoms with Crippen LogP contribution in [0.1, 0.15) is 33.6 Å². The highest BCUT2D eigenvalue weighted by Gasteiger charge is 2.16. The molecule has 2 amide bonds. The second-order valence-corrected chi connectivity index (χ2v) is 4.96. The van der Waals surface area contributed by atoms with Gasteiger partial charge < -0.3 is 20.5 Å². The number of carbonyl (C=O) groups excluding carboxylic acids is 3. The zero-order valence-corrected chi connectivity index (χ0v) is 11.7. The molecule has 0 fully saturated rings. The molecular weight excluding hydrogens is 252 g/mol. The van der Waals surface area contributed by atoms with Crippen LogP contribution in [0.2, 0.25) is 0 Å². The lowest BCUT2D eigenvalue weighted by atomic mass is 10.2. The van der Waals surface area contributed by atoms with E-state index in [-0.39, 0.29) is 38.5 Å². The van der Waals surface area contributed by atoms with E-state index in [9.17, 15) is 14.4 Å². The van der Waals surface area contributed by atoms with Crippen LogP contribution in [0.3, 0.4) is 0 Å². The van der Waals surface area contributed by atoms with Crippen LogP contribution in [-0.4, -0.2) is 43.1 Å². The second-order valence-electron chi connectivity index (χ2n) is 4.96. The molecule has 110 valence electrons. The fourth-order valence-electron chi connectivity index (χ4n) is 1.13. The Balaban J connectivity index is 3.59. The quantitative estimate of drug-likeness (QED) is 0.468. The Morgan fingerprint density at radius 2 is 1.79 bits per heavy atom. The summed E-state index contributed by atoms with van der Waals surface area (Å²) >= 11 is 0. The van der Waals surface area contributed by atoms with Crippen LogP contribution in [0.5, 0.6) is 0 Å². The number of hydrogen-bond donors (Lipinski definition) is 2. The van der Waals surface area contributed by atoms with Crippen molar-refractivity contribution in [2.24, 2.45) is 5.73 Å². The third kappa shape index (κ3) is 12.6. The lowest BCUT2D eigenvalue weighted by molar-refractivity contribution is -0.155. The van der Waals surface area contributed by atoms with E-state index in [2.05, 4.69) is 5.32 Å². The molecule has 0 rings (SSSR count). The van der Waals surface area contributed by atoms with Crippen molar-refractivity contribution in [3.63, 3.8) is 0 Å². The van der Waals surface area contributed by atoms with E-state index in [4.69, 9.17) is 15.2 Å². The molecular formula is C12H22N2O5. The Bertz CT molecular complexity index is 323. The first-order valence-electron chi connectivity index (χ1n) is 6.05. The minimum Gasteiger partial charge on any atom is -0.460 e. The fourth-order valence-corrected chi connectivity index (χ4v) is 1.13. The van der Waals surface area contributed by atoms with Gasteiger partial charge in [0, 0.05) is 13.0 Å². The molecule has 0 spiro atoms. The molecule has 0 aliphatic carbocycles. The number of carbonyl (C=O) groups is 3. The SMILES string of the molecule is CC(C)(C)OC(=O)CCC(=O)NCCOCC(N)=O. The summed E-state index contributed by atoms with van der Waals surface area (Å²) in [5, 5.41) is 2.55. The lowest BCUT2D eigenvalue weighted by Gasteiger charge is -2.19. The molecule has 0 saturated carbocycles. The predicted molar refractivity (Wildman–Crippen MR) is 68.1 cm³/mol. The molecule has 0 saturated heterocycles. The number of nitrogens with one attached hydrogen (secondary N) is 1. The van der Waals surface area contributed by atoms with Crippen LogP contribution in [0.15, 0.2) is 0 Å². The third-order valence-electron chi connectivity index (χ3n) is 1.79. The van der Waals surface area contributed by atoms with E-state index in [0.29, 0.717) is 0 Å². The van der Waals surface area contributed by atoms with Gasteiger partial charge >= 0.3 is 5.97 Å². The topological polar surface area (TPSA) is 108 Å². The summed E-state index contributed by atoms with van der Waals surface area (Å²) in [6.45, 7) is 5.58. The van der Waals surface area contributed by atoms with Crippen molar-refractivity contribution in [3.8, 4) is 0 Å². The number of rotatable bonds is 8. The highest BCUT2D eigenvalue weighted by Crippen LogP contribution is 2.08. The summed E-state index contributed by atoms with van der Waals surface area (Å²) in [4.78, 5) is 33.0. The van der Waals surface area contributed by atoms with Crippen LogP contribution in [0.25, 0.3) is 0 Å². The molecule has 3 N–H and O–H groups in total. The van der Waals surface area contributed by atoms with Crippen molar-refractivity contribution in [2.45, 2.75) is 39.2 Å². The van der Waals surface area contributed by atoms with Gasteiger partial charge in [-0.3, -0.25) is 14.4 Å². The van der Waals surface area contributed by atoms with Gasteiger partial charge in [0.25, 0.3) is 0 Å². The predicted octanol–water partition coefficient (Wildman–Crippen LogP) is -0.274. The molecule has 0 aromatic rings. The highest BCUT2D eigenvalue weighted by atomic mass is 16.6. The van der Waals surface area contributed by atoms with Gasteiger partial charge in [0.15, 0.2) is 0 Å². The summed E-state index contributed by atoms with van der Waals surface area (Å²) in [6.07, 6.45) is 0.0932. The van der Waals surface area contributed by atoms with Crippen LogP contribution in [-0.2, 0) is 23.9 Å². The van der Waals surface area contributed by atoms with Gasteiger partial charge in [-0.25, -0.2) is 0 Å². The monoisotopic (exact) mass is 274 g/mol. The normalized spacial score (nSPS) is 10.9. The van der Waals surface area contributed by atoms with E-state index in [1.807, 2.05) is 0 Å². The zero-order valence-electron chi connectivity index (χ0n) is 11.7. The first-order chi connectivity index (χ1) is 8.70. The number of esters is 1. The van der Waals surface area contributed by atoms with Crippen molar-refractivity contribution < 1.29 is 23.9 Å².